The van der Waals surface area contributed by atoms with E-state index in [0.717, 1.165) is 4.31 Å². The van der Waals surface area contributed by atoms with Crippen molar-refractivity contribution in [1.29, 1.82) is 0 Å². The number of anilines is 1. The molecule has 0 saturated carbocycles. The summed E-state index contributed by atoms with van der Waals surface area (Å²) >= 11 is 2.79. The lowest BCUT2D eigenvalue weighted by Crippen LogP contribution is -2.58. The molecule has 4 aromatic rings. The summed E-state index contributed by atoms with van der Waals surface area (Å²) in [5.74, 6) is -0.885. The number of carbonyl (C=O) groups is 2. The number of carboxylic acids is 1. The standard InChI is InChI=1S/C24H22N2O6S3/c1-24(2)21(23(28)29)26(9-11-34-24)35(30,31)15-6-8-18-17(13-15)16-7-5-14(12-19(16)32-18)25-22(27)20-4-3-10-33-20/h3-8,10,12-13,21H,9,11H2,1-2H3,(H,25,27)(H,28,29). The molecule has 35 heavy (non-hydrogen) atoms. The molecule has 0 radical (unpaired) electrons. The molecule has 2 aromatic carbocycles. The predicted molar refractivity (Wildman–Crippen MR) is 138 cm³/mol. The molecule has 1 amide bonds. The quantitative estimate of drug-likeness (QED) is 0.378. The molecule has 1 aliphatic rings. The molecule has 8 nitrogen and oxygen atoms in total. The summed E-state index contributed by atoms with van der Waals surface area (Å²) in [5.41, 5.74) is 1.54. The van der Waals surface area contributed by atoms with Crippen molar-refractivity contribution >= 4 is 72.6 Å². The number of amides is 1. The van der Waals surface area contributed by atoms with Crippen molar-refractivity contribution < 1.29 is 27.5 Å². The summed E-state index contributed by atoms with van der Waals surface area (Å²) in [6.45, 7) is 3.62. The van der Waals surface area contributed by atoms with E-state index in [0.29, 0.717) is 38.3 Å². The zero-order valence-corrected chi connectivity index (χ0v) is 21.3. The molecule has 0 bridgehead atoms. The summed E-state index contributed by atoms with van der Waals surface area (Å²) in [5, 5.41) is 15.8. The molecule has 1 fully saturated rings. The maximum atomic E-state index is 13.6. The Labute approximate surface area is 210 Å². The highest BCUT2D eigenvalue weighted by molar-refractivity contribution is 8.00. The van der Waals surface area contributed by atoms with E-state index in [4.69, 9.17) is 4.42 Å². The van der Waals surface area contributed by atoms with Crippen LogP contribution in [-0.4, -0.2) is 52.8 Å². The molecular formula is C24H22N2O6S3. The Balaban J connectivity index is 1.51. The third-order valence-electron chi connectivity index (χ3n) is 6.02. The van der Waals surface area contributed by atoms with Crippen molar-refractivity contribution in [3.8, 4) is 0 Å². The van der Waals surface area contributed by atoms with Gasteiger partial charge in [0, 0.05) is 39.6 Å². The summed E-state index contributed by atoms with van der Waals surface area (Å²) in [6, 6.07) is 12.1. The lowest BCUT2D eigenvalue weighted by molar-refractivity contribution is -0.142. The van der Waals surface area contributed by atoms with Gasteiger partial charge in [0.05, 0.1) is 9.77 Å². The van der Waals surface area contributed by atoms with Gasteiger partial charge in [0.25, 0.3) is 5.91 Å². The molecule has 182 valence electrons. The van der Waals surface area contributed by atoms with Gasteiger partial charge in [-0.3, -0.25) is 9.59 Å². The van der Waals surface area contributed by atoms with Gasteiger partial charge in [0.2, 0.25) is 10.0 Å². The van der Waals surface area contributed by atoms with Crippen molar-refractivity contribution in [2.24, 2.45) is 0 Å². The Kier molecular flexibility index (Phi) is 5.91. The maximum Gasteiger partial charge on any atom is 0.323 e. The fraction of sp³-hybridized carbons (Fsp3) is 0.250. The Morgan fingerprint density at radius 3 is 2.63 bits per heavy atom. The first kappa shape index (κ1) is 23.9. The van der Waals surface area contributed by atoms with Crippen LogP contribution in [0, 0.1) is 0 Å². The number of thioether (sulfide) groups is 1. The number of carboxylic acid groups (broad SMARTS) is 1. The first-order chi connectivity index (χ1) is 16.6. The summed E-state index contributed by atoms with van der Waals surface area (Å²) in [6.07, 6.45) is 0. The first-order valence-corrected chi connectivity index (χ1v) is 14.1. The third kappa shape index (κ3) is 4.22. The molecule has 2 N–H and O–H groups in total. The summed E-state index contributed by atoms with van der Waals surface area (Å²) in [4.78, 5) is 25.0. The SMILES string of the molecule is CC1(C)SCCN(S(=O)(=O)c2ccc3oc4cc(NC(=O)c5cccs5)ccc4c3c2)C1C(=O)O. The molecule has 0 aliphatic carbocycles. The minimum Gasteiger partial charge on any atom is -0.480 e. The van der Waals surface area contributed by atoms with E-state index in [-0.39, 0.29) is 17.3 Å². The molecule has 11 heteroatoms. The number of nitrogens with zero attached hydrogens (tertiary/aromatic N) is 1. The van der Waals surface area contributed by atoms with Crippen LogP contribution >= 0.6 is 23.1 Å². The molecular weight excluding hydrogens is 508 g/mol. The van der Waals surface area contributed by atoms with Gasteiger partial charge in [0.15, 0.2) is 0 Å². The minimum absolute atomic E-state index is 0.0109. The van der Waals surface area contributed by atoms with Crippen LogP contribution in [-0.2, 0) is 14.8 Å². The first-order valence-electron chi connectivity index (χ1n) is 10.8. The van der Waals surface area contributed by atoms with Gasteiger partial charge >= 0.3 is 5.97 Å². The second-order valence-corrected chi connectivity index (χ2v) is 13.3. The van der Waals surface area contributed by atoms with E-state index >= 15 is 0 Å². The fourth-order valence-electron chi connectivity index (χ4n) is 4.36. The molecule has 2 aromatic heterocycles. The number of hydrogen-bond donors (Lipinski definition) is 2. The summed E-state index contributed by atoms with van der Waals surface area (Å²) in [7, 11) is -4.07. The highest BCUT2D eigenvalue weighted by atomic mass is 32.2. The number of fused-ring (bicyclic) bond motifs is 3. The Bertz CT molecular complexity index is 1560. The van der Waals surface area contributed by atoms with Crippen LogP contribution in [0.5, 0.6) is 0 Å². The number of hydrogen-bond acceptors (Lipinski definition) is 7. The van der Waals surface area contributed by atoms with Crippen molar-refractivity contribution in [2.45, 2.75) is 29.5 Å². The number of sulfonamides is 1. The van der Waals surface area contributed by atoms with Crippen molar-refractivity contribution in [1.82, 2.24) is 4.31 Å². The van der Waals surface area contributed by atoms with Crippen molar-refractivity contribution in [3.05, 3.63) is 58.8 Å². The van der Waals surface area contributed by atoms with Gasteiger partial charge in [-0.25, -0.2) is 8.42 Å². The highest BCUT2D eigenvalue weighted by Gasteiger charge is 2.48. The monoisotopic (exact) mass is 530 g/mol. The normalized spacial score (nSPS) is 18.6. The number of nitrogens with one attached hydrogen (secondary N) is 1. The van der Waals surface area contributed by atoms with Crippen LogP contribution in [0.1, 0.15) is 23.5 Å². The Hall–Kier alpha value is -2.86. The minimum atomic E-state index is -4.07. The second-order valence-electron chi connectivity index (χ2n) is 8.71. The predicted octanol–water partition coefficient (Wildman–Crippen LogP) is 4.87. The molecule has 1 atom stereocenters. The van der Waals surface area contributed by atoms with Crippen molar-refractivity contribution in [2.75, 3.05) is 17.6 Å². The van der Waals surface area contributed by atoms with E-state index in [1.54, 1.807) is 50.2 Å². The number of benzene rings is 2. The average molecular weight is 531 g/mol. The van der Waals surface area contributed by atoms with Crippen molar-refractivity contribution in [3.63, 3.8) is 0 Å². The van der Waals surface area contributed by atoms with E-state index < -0.39 is 26.8 Å². The largest absolute Gasteiger partial charge is 0.480 e. The number of thiophene rings is 1. The zero-order chi connectivity index (χ0) is 25.0. The molecule has 1 saturated heterocycles. The third-order valence-corrected chi connectivity index (χ3v) is 10.1. The smallest absolute Gasteiger partial charge is 0.323 e. The number of carbonyl (C=O) groups excluding carboxylic acids is 1. The van der Waals surface area contributed by atoms with Crippen LogP contribution in [0.2, 0.25) is 0 Å². The van der Waals surface area contributed by atoms with E-state index in [1.807, 2.05) is 5.38 Å². The summed E-state index contributed by atoms with van der Waals surface area (Å²) < 4.78 is 33.3. The molecule has 1 aliphatic heterocycles. The second kappa shape index (κ2) is 8.66. The molecule has 0 spiro atoms. The number of rotatable bonds is 5. The van der Waals surface area contributed by atoms with Gasteiger partial charge < -0.3 is 14.8 Å². The van der Waals surface area contributed by atoms with Gasteiger partial charge in [-0.1, -0.05) is 6.07 Å². The lowest BCUT2D eigenvalue weighted by atomic mass is 10.0. The van der Waals surface area contributed by atoms with Gasteiger partial charge in [-0.2, -0.15) is 16.1 Å². The van der Waals surface area contributed by atoms with E-state index in [9.17, 15) is 23.1 Å². The van der Waals surface area contributed by atoms with Crippen LogP contribution in [0.3, 0.4) is 0 Å². The van der Waals surface area contributed by atoms with Crippen LogP contribution in [0.15, 0.2) is 63.2 Å². The van der Waals surface area contributed by atoms with Gasteiger partial charge in [0.1, 0.15) is 17.2 Å². The zero-order valence-electron chi connectivity index (χ0n) is 18.8. The average Bonchev–Trinajstić information content (AvgIpc) is 3.45. The van der Waals surface area contributed by atoms with Crippen LogP contribution < -0.4 is 5.32 Å². The van der Waals surface area contributed by atoms with Crippen LogP contribution in [0.4, 0.5) is 5.69 Å². The van der Waals surface area contributed by atoms with Crippen LogP contribution in [0.25, 0.3) is 21.9 Å². The highest BCUT2D eigenvalue weighted by Crippen LogP contribution is 2.39. The number of aliphatic carboxylic acids is 1. The van der Waals surface area contributed by atoms with E-state index in [1.165, 1.54) is 35.2 Å². The fourth-order valence-corrected chi connectivity index (χ4v) is 8.11. The van der Waals surface area contributed by atoms with E-state index in [2.05, 4.69) is 5.32 Å². The maximum absolute atomic E-state index is 13.6. The molecule has 5 rings (SSSR count). The molecule has 3 heterocycles. The molecule has 1 unspecified atom stereocenters. The van der Waals surface area contributed by atoms with Gasteiger partial charge in [-0.05, 0) is 55.6 Å². The van der Waals surface area contributed by atoms with Gasteiger partial charge in [-0.15, -0.1) is 11.3 Å². The Morgan fingerprint density at radius 1 is 1.11 bits per heavy atom. The Morgan fingerprint density at radius 2 is 1.91 bits per heavy atom. The lowest BCUT2D eigenvalue weighted by Gasteiger charge is -2.42. The number of furan rings is 1. The topological polar surface area (TPSA) is 117 Å².